The number of amides is 2. The fourth-order valence-corrected chi connectivity index (χ4v) is 2.52. The summed E-state index contributed by atoms with van der Waals surface area (Å²) in [5.74, 6) is -0.480. The first-order valence-corrected chi connectivity index (χ1v) is 9.02. The van der Waals surface area contributed by atoms with Crippen molar-refractivity contribution < 1.29 is 33.3 Å². The topological polar surface area (TPSA) is 125 Å². The van der Waals surface area contributed by atoms with Crippen LogP contribution in [0.5, 0.6) is 17.2 Å². The fourth-order valence-electron chi connectivity index (χ4n) is 2.52. The van der Waals surface area contributed by atoms with Crippen molar-refractivity contribution in [2.75, 3.05) is 35.0 Å². The van der Waals surface area contributed by atoms with Crippen molar-refractivity contribution in [3.8, 4) is 17.2 Å². The lowest BCUT2D eigenvalue weighted by Crippen LogP contribution is -2.34. The summed E-state index contributed by atoms with van der Waals surface area (Å²) < 4.78 is 20.2. The van der Waals surface area contributed by atoms with E-state index in [-0.39, 0.29) is 12.1 Å². The SMILES string of the molecule is COC(=O)c1ccc(/C=N\NC(=O)CNC(=O)c2cc(OC)c(OC)c(OC)c2)cc1. The van der Waals surface area contributed by atoms with Crippen LogP contribution in [0.3, 0.4) is 0 Å². The Bertz CT molecular complexity index is 946. The van der Waals surface area contributed by atoms with Crippen LogP contribution >= 0.6 is 0 Å². The van der Waals surface area contributed by atoms with Crippen LogP contribution in [-0.2, 0) is 9.53 Å². The van der Waals surface area contributed by atoms with Gasteiger partial charge in [0.25, 0.3) is 11.8 Å². The molecule has 0 bridgehead atoms. The maximum atomic E-state index is 12.4. The highest BCUT2D eigenvalue weighted by Gasteiger charge is 2.17. The Labute approximate surface area is 179 Å². The molecule has 2 rings (SSSR count). The number of hydrogen-bond donors (Lipinski definition) is 2. The molecule has 0 fully saturated rings. The zero-order valence-corrected chi connectivity index (χ0v) is 17.6. The van der Waals surface area contributed by atoms with Crippen molar-refractivity contribution in [1.82, 2.24) is 10.7 Å². The molecular weight excluding hydrogens is 406 g/mol. The van der Waals surface area contributed by atoms with Gasteiger partial charge in [-0.15, -0.1) is 0 Å². The smallest absolute Gasteiger partial charge is 0.337 e. The van der Waals surface area contributed by atoms with E-state index >= 15 is 0 Å². The van der Waals surface area contributed by atoms with E-state index in [9.17, 15) is 14.4 Å². The van der Waals surface area contributed by atoms with Crippen molar-refractivity contribution in [3.05, 3.63) is 53.1 Å². The van der Waals surface area contributed by atoms with Crippen LogP contribution in [0, 0.1) is 0 Å². The standard InChI is InChI=1S/C21H23N3O7/c1-28-16-9-15(10-17(29-2)19(16)30-3)20(26)22-12-18(25)24-23-11-13-5-7-14(8-6-13)21(27)31-4/h5-11H,12H2,1-4H3,(H,22,26)(H,24,25)/b23-11-. The first kappa shape index (κ1) is 23.2. The molecule has 0 aliphatic carbocycles. The number of nitrogens with one attached hydrogen (secondary N) is 2. The molecule has 2 aromatic carbocycles. The number of hydrazone groups is 1. The summed E-state index contributed by atoms with van der Waals surface area (Å²) in [6.07, 6.45) is 1.40. The molecule has 2 amide bonds. The minimum Gasteiger partial charge on any atom is -0.493 e. The second kappa shape index (κ2) is 11.2. The summed E-state index contributed by atoms with van der Waals surface area (Å²) >= 11 is 0. The number of rotatable bonds is 9. The van der Waals surface area contributed by atoms with Gasteiger partial charge in [-0.05, 0) is 29.8 Å². The summed E-state index contributed by atoms with van der Waals surface area (Å²) in [4.78, 5) is 35.7. The van der Waals surface area contributed by atoms with Crippen molar-refractivity contribution in [1.29, 1.82) is 0 Å². The van der Waals surface area contributed by atoms with E-state index in [1.807, 2.05) is 0 Å². The molecule has 164 valence electrons. The Morgan fingerprint density at radius 1 is 0.903 bits per heavy atom. The van der Waals surface area contributed by atoms with Crippen LogP contribution in [0.1, 0.15) is 26.3 Å². The molecule has 0 spiro atoms. The highest BCUT2D eigenvalue weighted by Crippen LogP contribution is 2.38. The predicted octanol–water partition coefficient (Wildman–Crippen LogP) is 1.38. The number of methoxy groups -OCH3 is 4. The highest BCUT2D eigenvalue weighted by molar-refractivity contribution is 5.97. The second-order valence-electron chi connectivity index (χ2n) is 6.00. The molecule has 0 aliphatic heterocycles. The van der Waals surface area contributed by atoms with Gasteiger partial charge in [0.05, 0.1) is 46.8 Å². The van der Waals surface area contributed by atoms with Gasteiger partial charge in [0.1, 0.15) is 0 Å². The Balaban J connectivity index is 1.91. The third-order valence-corrected chi connectivity index (χ3v) is 4.07. The number of nitrogens with zero attached hydrogens (tertiary/aromatic N) is 1. The molecule has 31 heavy (non-hydrogen) atoms. The Kier molecular flexibility index (Phi) is 8.38. The normalized spacial score (nSPS) is 10.3. The fraction of sp³-hybridized carbons (Fsp3) is 0.238. The number of esters is 1. The maximum absolute atomic E-state index is 12.4. The van der Waals surface area contributed by atoms with Crippen LogP contribution in [0.2, 0.25) is 0 Å². The lowest BCUT2D eigenvalue weighted by Gasteiger charge is -2.14. The second-order valence-corrected chi connectivity index (χ2v) is 6.00. The van der Waals surface area contributed by atoms with E-state index < -0.39 is 17.8 Å². The molecule has 0 radical (unpaired) electrons. The number of benzene rings is 2. The Morgan fingerprint density at radius 2 is 1.52 bits per heavy atom. The molecule has 0 saturated heterocycles. The van der Waals surface area contributed by atoms with E-state index in [1.165, 1.54) is 46.8 Å². The van der Waals surface area contributed by atoms with E-state index in [0.29, 0.717) is 28.4 Å². The van der Waals surface area contributed by atoms with Gasteiger partial charge < -0.3 is 24.3 Å². The highest BCUT2D eigenvalue weighted by atomic mass is 16.5. The van der Waals surface area contributed by atoms with Gasteiger partial charge in [-0.3, -0.25) is 9.59 Å². The monoisotopic (exact) mass is 429 g/mol. The maximum Gasteiger partial charge on any atom is 0.337 e. The van der Waals surface area contributed by atoms with Gasteiger partial charge in [0, 0.05) is 5.56 Å². The zero-order valence-electron chi connectivity index (χ0n) is 17.6. The van der Waals surface area contributed by atoms with Crippen LogP contribution in [0.15, 0.2) is 41.5 Å². The van der Waals surface area contributed by atoms with Gasteiger partial charge in [-0.1, -0.05) is 12.1 Å². The molecule has 0 saturated carbocycles. The van der Waals surface area contributed by atoms with Gasteiger partial charge in [-0.25, -0.2) is 10.2 Å². The van der Waals surface area contributed by atoms with E-state index in [2.05, 4.69) is 20.6 Å². The minimum absolute atomic E-state index is 0.233. The quantitative estimate of drug-likeness (QED) is 0.350. The summed E-state index contributed by atoms with van der Waals surface area (Å²) in [5, 5.41) is 6.30. The summed E-state index contributed by atoms with van der Waals surface area (Å²) in [6, 6.07) is 9.40. The third-order valence-electron chi connectivity index (χ3n) is 4.07. The largest absolute Gasteiger partial charge is 0.493 e. The van der Waals surface area contributed by atoms with E-state index in [0.717, 1.165) is 0 Å². The molecule has 0 aliphatic rings. The molecule has 0 atom stereocenters. The number of ether oxygens (including phenoxy) is 4. The van der Waals surface area contributed by atoms with Crippen LogP contribution < -0.4 is 25.0 Å². The molecule has 0 heterocycles. The molecule has 0 aromatic heterocycles. The summed E-state index contributed by atoms with van der Waals surface area (Å²) in [6.45, 7) is -0.298. The average Bonchev–Trinajstić information content (AvgIpc) is 2.81. The predicted molar refractivity (Wildman–Crippen MR) is 112 cm³/mol. The molecule has 10 nitrogen and oxygen atoms in total. The first-order chi connectivity index (χ1) is 14.9. The lowest BCUT2D eigenvalue weighted by molar-refractivity contribution is -0.120. The number of carbonyl (C=O) groups is 3. The number of carbonyl (C=O) groups excluding carboxylic acids is 3. The van der Waals surface area contributed by atoms with E-state index in [4.69, 9.17) is 14.2 Å². The van der Waals surface area contributed by atoms with Gasteiger partial charge in [-0.2, -0.15) is 5.10 Å². The molecule has 0 unspecified atom stereocenters. The Morgan fingerprint density at radius 3 is 2.03 bits per heavy atom. The van der Waals surface area contributed by atoms with Crippen molar-refractivity contribution in [2.45, 2.75) is 0 Å². The number of hydrogen-bond acceptors (Lipinski definition) is 8. The third kappa shape index (κ3) is 6.20. The summed E-state index contributed by atoms with van der Waals surface area (Å²) in [7, 11) is 5.63. The van der Waals surface area contributed by atoms with Gasteiger partial charge in [0.15, 0.2) is 11.5 Å². The van der Waals surface area contributed by atoms with Gasteiger partial charge >= 0.3 is 5.97 Å². The van der Waals surface area contributed by atoms with E-state index in [1.54, 1.807) is 24.3 Å². The minimum atomic E-state index is -0.525. The lowest BCUT2D eigenvalue weighted by atomic mass is 10.1. The zero-order chi connectivity index (χ0) is 22.8. The molecule has 2 N–H and O–H groups in total. The van der Waals surface area contributed by atoms with Crippen LogP contribution in [-0.4, -0.2) is 59.0 Å². The van der Waals surface area contributed by atoms with Crippen molar-refractivity contribution >= 4 is 24.0 Å². The average molecular weight is 429 g/mol. The van der Waals surface area contributed by atoms with Crippen molar-refractivity contribution in [3.63, 3.8) is 0 Å². The molecule has 2 aromatic rings. The van der Waals surface area contributed by atoms with Crippen LogP contribution in [0.4, 0.5) is 0 Å². The van der Waals surface area contributed by atoms with Gasteiger partial charge in [0.2, 0.25) is 5.75 Å². The first-order valence-electron chi connectivity index (χ1n) is 9.02. The summed E-state index contributed by atoms with van der Waals surface area (Å²) in [5.41, 5.74) is 3.60. The Hall–Kier alpha value is -4.08. The van der Waals surface area contributed by atoms with Crippen LogP contribution in [0.25, 0.3) is 0 Å². The van der Waals surface area contributed by atoms with Crippen molar-refractivity contribution in [2.24, 2.45) is 5.10 Å². The molecular formula is C21H23N3O7. The molecule has 10 heteroatoms.